The van der Waals surface area contributed by atoms with Crippen molar-refractivity contribution in [2.24, 2.45) is 0 Å². The molecule has 1 nitrogen and oxygen atoms in total. The van der Waals surface area contributed by atoms with Crippen LogP contribution >= 0.6 is 0 Å². The second kappa shape index (κ2) is 12.7. The van der Waals surface area contributed by atoms with E-state index in [9.17, 15) is 0 Å². The molecular formula is C54H35N. The largest absolute Gasteiger partial charge is 0.310 e. The first-order valence-electron chi connectivity index (χ1n) is 19.0. The van der Waals surface area contributed by atoms with Gasteiger partial charge >= 0.3 is 0 Å². The molecule has 0 aliphatic heterocycles. The van der Waals surface area contributed by atoms with Gasteiger partial charge < -0.3 is 4.90 Å². The molecule has 0 spiro atoms. The molecule has 11 aromatic rings. The lowest BCUT2D eigenvalue weighted by atomic mass is 9.87. The van der Waals surface area contributed by atoms with Gasteiger partial charge in [-0.15, -0.1) is 0 Å². The average Bonchev–Trinajstić information content (AvgIpc) is 3.25. The third-order valence-electron chi connectivity index (χ3n) is 11.3. The zero-order valence-electron chi connectivity index (χ0n) is 30.2. The number of nitrogens with zero attached hydrogens (tertiary/aromatic N) is 1. The molecule has 0 radical (unpaired) electrons. The van der Waals surface area contributed by atoms with Gasteiger partial charge in [0.2, 0.25) is 0 Å². The molecule has 11 aromatic carbocycles. The van der Waals surface area contributed by atoms with Crippen molar-refractivity contribution in [1.82, 2.24) is 0 Å². The summed E-state index contributed by atoms with van der Waals surface area (Å²) in [6.07, 6.45) is 0. The smallest absolute Gasteiger partial charge is 0.0468 e. The number of hydrogen-bond donors (Lipinski definition) is 0. The summed E-state index contributed by atoms with van der Waals surface area (Å²) in [5.41, 5.74) is 8.36. The summed E-state index contributed by atoms with van der Waals surface area (Å²) in [4.78, 5) is 2.36. The maximum atomic E-state index is 2.42. The first-order valence-corrected chi connectivity index (χ1v) is 19.0. The normalized spacial score (nSPS) is 11.6. The lowest BCUT2D eigenvalue weighted by Crippen LogP contribution is -2.09. The van der Waals surface area contributed by atoms with E-state index in [-0.39, 0.29) is 0 Å². The fourth-order valence-electron chi connectivity index (χ4n) is 8.69. The second-order valence-corrected chi connectivity index (χ2v) is 14.5. The standard InChI is InChI=1S/C54H35N/c1-2-16-45(17-3-1)55(46-28-26-37-13-5-7-15-39(37)32-46)47-29-27-40-31-43(25-23-41(40)33-47)53-35-44-34-52(42-24-22-36-12-4-6-14-38(36)30-42)48-18-8-10-20-50(48)54(44)51-21-11-9-19-49(51)53/h1-35H. The average molecular weight is 698 g/mol. The summed E-state index contributed by atoms with van der Waals surface area (Å²) < 4.78 is 0. The molecule has 0 aliphatic carbocycles. The van der Waals surface area contributed by atoms with E-state index in [4.69, 9.17) is 0 Å². The van der Waals surface area contributed by atoms with Crippen molar-refractivity contribution in [3.8, 4) is 22.3 Å². The van der Waals surface area contributed by atoms with Gasteiger partial charge in [-0.05, 0) is 148 Å². The minimum Gasteiger partial charge on any atom is -0.310 e. The Bertz CT molecular complexity index is 3270. The van der Waals surface area contributed by atoms with E-state index in [0.717, 1.165) is 17.1 Å². The Morgan fingerprint density at radius 1 is 0.236 bits per heavy atom. The first kappa shape index (κ1) is 31.3. The lowest BCUT2D eigenvalue weighted by molar-refractivity contribution is 1.29. The molecule has 256 valence electrons. The molecule has 11 rings (SSSR count). The molecule has 1 heteroatoms. The van der Waals surface area contributed by atoms with Gasteiger partial charge in [0.05, 0.1) is 0 Å². The Hall–Kier alpha value is -7.22. The fourth-order valence-corrected chi connectivity index (χ4v) is 8.69. The van der Waals surface area contributed by atoms with Crippen LogP contribution in [0.1, 0.15) is 0 Å². The third-order valence-corrected chi connectivity index (χ3v) is 11.3. The number of benzene rings is 11. The van der Waals surface area contributed by atoms with Crippen molar-refractivity contribution in [3.63, 3.8) is 0 Å². The van der Waals surface area contributed by atoms with Crippen molar-refractivity contribution >= 4 is 81.7 Å². The zero-order valence-corrected chi connectivity index (χ0v) is 30.2. The van der Waals surface area contributed by atoms with Crippen molar-refractivity contribution < 1.29 is 0 Å². The van der Waals surface area contributed by atoms with Gasteiger partial charge in [0.15, 0.2) is 0 Å². The maximum absolute atomic E-state index is 2.42. The second-order valence-electron chi connectivity index (χ2n) is 14.5. The van der Waals surface area contributed by atoms with Crippen LogP contribution < -0.4 is 4.90 Å². The van der Waals surface area contributed by atoms with Crippen LogP contribution in [-0.4, -0.2) is 0 Å². The van der Waals surface area contributed by atoms with E-state index in [2.05, 4.69) is 217 Å². The maximum Gasteiger partial charge on any atom is 0.0468 e. The highest BCUT2D eigenvalue weighted by atomic mass is 15.1. The Kier molecular flexibility index (Phi) is 7.25. The van der Waals surface area contributed by atoms with Crippen molar-refractivity contribution in [3.05, 3.63) is 212 Å². The highest BCUT2D eigenvalue weighted by molar-refractivity contribution is 6.26. The summed E-state index contributed by atoms with van der Waals surface area (Å²) >= 11 is 0. The van der Waals surface area contributed by atoms with Crippen molar-refractivity contribution in [2.45, 2.75) is 0 Å². The van der Waals surface area contributed by atoms with Gasteiger partial charge in [0.1, 0.15) is 0 Å². The Morgan fingerprint density at radius 2 is 0.636 bits per heavy atom. The Morgan fingerprint density at radius 3 is 1.22 bits per heavy atom. The Balaban J connectivity index is 1.07. The molecule has 0 bridgehead atoms. The third kappa shape index (κ3) is 5.32. The molecule has 0 aliphatic rings. The van der Waals surface area contributed by atoms with E-state index in [1.54, 1.807) is 0 Å². The Labute approximate surface area is 320 Å². The first-order chi connectivity index (χ1) is 27.2. The predicted octanol–water partition coefficient (Wildman–Crippen LogP) is 15.4. The number of fused-ring (bicyclic) bond motifs is 8. The molecule has 0 aromatic heterocycles. The molecule has 0 saturated carbocycles. The number of anilines is 3. The quantitative estimate of drug-likeness (QED) is 0.162. The summed E-state index contributed by atoms with van der Waals surface area (Å²) in [6, 6.07) is 77.9. The minimum atomic E-state index is 1.13. The van der Waals surface area contributed by atoms with Gasteiger partial charge in [0, 0.05) is 17.1 Å². The van der Waals surface area contributed by atoms with Gasteiger partial charge in [-0.25, -0.2) is 0 Å². The lowest BCUT2D eigenvalue weighted by Gasteiger charge is -2.26. The fraction of sp³-hybridized carbons (Fsp3) is 0. The number of hydrogen-bond acceptors (Lipinski definition) is 1. The summed E-state index contributed by atoms with van der Waals surface area (Å²) in [6.45, 7) is 0. The van der Waals surface area contributed by atoms with Gasteiger partial charge in [-0.2, -0.15) is 0 Å². The van der Waals surface area contributed by atoms with Crippen molar-refractivity contribution in [1.29, 1.82) is 0 Å². The number of rotatable bonds is 5. The molecule has 0 heterocycles. The summed E-state index contributed by atoms with van der Waals surface area (Å²) in [5.74, 6) is 0. The van der Waals surface area contributed by atoms with E-state index < -0.39 is 0 Å². The van der Waals surface area contributed by atoms with Crippen LogP contribution in [0.15, 0.2) is 212 Å². The SMILES string of the molecule is c1ccc(N(c2ccc3ccccc3c2)c2ccc3cc(-c4cc5cc(-c6ccc7ccccc7c6)c6ccccc6c5c5ccccc45)ccc3c2)cc1. The predicted molar refractivity (Wildman–Crippen MR) is 237 cm³/mol. The van der Waals surface area contributed by atoms with E-state index >= 15 is 0 Å². The van der Waals surface area contributed by atoms with Crippen molar-refractivity contribution in [2.75, 3.05) is 4.90 Å². The minimum absolute atomic E-state index is 1.13. The number of para-hydroxylation sites is 1. The monoisotopic (exact) mass is 697 g/mol. The molecular weight excluding hydrogens is 663 g/mol. The van der Waals surface area contributed by atoms with Gasteiger partial charge in [-0.3, -0.25) is 0 Å². The van der Waals surface area contributed by atoms with Gasteiger partial charge in [0.25, 0.3) is 0 Å². The molecule has 0 saturated heterocycles. The van der Waals surface area contributed by atoms with Crippen LogP contribution in [-0.2, 0) is 0 Å². The van der Waals surface area contributed by atoms with Crippen LogP contribution in [0.5, 0.6) is 0 Å². The summed E-state index contributed by atoms with van der Waals surface area (Å²) in [5, 5.41) is 15.1. The van der Waals surface area contributed by atoms with E-state index in [1.165, 1.54) is 86.9 Å². The van der Waals surface area contributed by atoms with Crippen LogP contribution in [0.3, 0.4) is 0 Å². The van der Waals surface area contributed by atoms with E-state index in [0.29, 0.717) is 0 Å². The van der Waals surface area contributed by atoms with E-state index in [1.807, 2.05) is 0 Å². The van der Waals surface area contributed by atoms with Crippen LogP contribution in [0.4, 0.5) is 17.1 Å². The molecule has 0 N–H and O–H groups in total. The highest BCUT2D eigenvalue weighted by Crippen LogP contribution is 2.43. The molecule has 0 fully saturated rings. The summed E-state index contributed by atoms with van der Waals surface area (Å²) in [7, 11) is 0. The topological polar surface area (TPSA) is 3.24 Å². The van der Waals surface area contributed by atoms with Crippen LogP contribution in [0, 0.1) is 0 Å². The zero-order chi connectivity index (χ0) is 36.3. The molecule has 0 atom stereocenters. The molecule has 0 amide bonds. The van der Waals surface area contributed by atoms with Crippen LogP contribution in [0.25, 0.3) is 86.9 Å². The van der Waals surface area contributed by atoms with Crippen LogP contribution in [0.2, 0.25) is 0 Å². The molecule has 0 unspecified atom stereocenters. The molecule has 55 heavy (non-hydrogen) atoms. The highest BCUT2D eigenvalue weighted by Gasteiger charge is 2.17. The van der Waals surface area contributed by atoms with Gasteiger partial charge in [-0.1, -0.05) is 152 Å².